The van der Waals surface area contributed by atoms with Gasteiger partial charge in [-0.25, -0.2) is 9.67 Å². The lowest BCUT2D eigenvalue weighted by molar-refractivity contribution is -0.0394. The van der Waals surface area contributed by atoms with Gasteiger partial charge in [-0.15, -0.1) is 0 Å². The van der Waals surface area contributed by atoms with Gasteiger partial charge in [0.25, 0.3) is 5.56 Å². The van der Waals surface area contributed by atoms with Crippen LogP contribution >= 0.6 is 0 Å². The van der Waals surface area contributed by atoms with Crippen LogP contribution in [0.4, 0.5) is 0 Å². The first-order valence-electron chi connectivity index (χ1n) is 14.5. The maximum absolute atomic E-state index is 14.1. The maximum Gasteiger partial charge on any atom is 0.261 e. The highest BCUT2D eigenvalue weighted by Crippen LogP contribution is 2.37. The molecule has 4 aromatic rings. The van der Waals surface area contributed by atoms with Crippen molar-refractivity contribution in [2.45, 2.75) is 76.9 Å². The predicted octanol–water partition coefficient (Wildman–Crippen LogP) is 6.97. The molecule has 2 aromatic heterocycles. The van der Waals surface area contributed by atoms with Gasteiger partial charge >= 0.3 is 0 Å². The Labute approximate surface area is 243 Å². The van der Waals surface area contributed by atoms with Gasteiger partial charge < -0.3 is 13.9 Å². The van der Waals surface area contributed by atoms with E-state index in [0.717, 1.165) is 48.3 Å². The minimum atomic E-state index is -1.95. The van der Waals surface area contributed by atoms with E-state index in [1.54, 1.807) is 18.0 Å². The van der Waals surface area contributed by atoms with Gasteiger partial charge in [-0.05, 0) is 79.2 Å². The van der Waals surface area contributed by atoms with E-state index in [9.17, 15) is 4.79 Å². The summed E-state index contributed by atoms with van der Waals surface area (Å²) in [6.07, 6.45) is 9.30. The number of nitrogens with zero attached hydrogens (tertiary/aromatic N) is 4. The average Bonchev–Trinajstić information content (AvgIpc) is 3.46. The number of hydrogen-bond donors (Lipinski definition) is 0. The van der Waals surface area contributed by atoms with Crippen LogP contribution in [0.2, 0.25) is 18.1 Å². The fourth-order valence-corrected chi connectivity index (χ4v) is 6.13. The summed E-state index contributed by atoms with van der Waals surface area (Å²) in [4.78, 5) is 18.8. The first-order valence-corrected chi connectivity index (χ1v) is 17.4. The Hall–Kier alpha value is -3.27. The molecule has 8 nitrogen and oxygen atoms in total. The monoisotopic (exact) mass is 574 g/mol. The zero-order valence-electron chi connectivity index (χ0n) is 25.1. The quantitative estimate of drug-likeness (QED) is 0.201. The lowest BCUT2D eigenvalue weighted by atomic mass is 10.0. The van der Waals surface area contributed by atoms with Gasteiger partial charge in [0, 0.05) is 25.0 Å². The molecule has 5 rings (SSSR count). The Morgan fingerprint density at radius 1 is 1.12 bits per heavy atom. The summed E-state index contributed by atoms with van der Waals surface area (Å²) >= 11 is 0. The summed E-state index contributed by atoms with van der Waals surface area (Å²) in [6, 6.07) is 13.5. The molecule has 2 aromatic carbocycles. The standard InChI is InChI=1S/C32H42N4O4Si/c1-32(2,3)41(5,6)40-17-15-29(24-10-9-11-26(18-24)38-4)35-22-33-28-14-13-23(19-27(28)31(35)37)25-20-34-36(21-25)30-12-7-8-16-39-30/h9-11,13-14,18-22,29-30H,7-8,12,15-17H2,1-6H3. The van der Waals surface area contributed by atoms with Crippen LogP contribution in [0.25, 0.3) is 22.0 Å². The number of fused-ring (bicyclic) bond motifs is 1. The minimum absolute atomic E-state index is 0.0333. The summed E-state index contributed by atoms with van der Waals surface area (Å²) < 4.78 is 21.6. The highest BCUT2D eigenvalue weighted by atomic mass is 28.4. The van der Waals surface area contributed by atoms with E-state index in [4.69, 9.17) is 18.9 Å². The van der Waals surface area contributed by atoms with Crippen molar-refractivity contribution >= 4 is 19.2 Å². The molecular formula is C32H42N4O4Si. The second-order valence-corrected chi connectivity index (χ2v) is 17.2. The van der Waals surface area contributed by atoms with Crippen LogP contribution in [0.1, 0.15) is 64.3 Å². The lowest BCUT2D eigenvalue weighted by Crippen LogP contribution is -2.41. The van der Waals surface area contributed by atoms with Crippen LogP contribution in [-0.4, -0.2) is 48.0 Å². The third-order valence-corrected chi connectivity index (χ3v) is 13.2. The summed E-state index contributed by atoms with van der Waals surface area (Å²) in [6.45, 7) is 12.5. The largest absolute Gasteiger partial charge is 0.497 e. The van der Waals surface area contributed by atoms with E-state index in [0.29, 0.717) is 23.9 Å². The molecule has 0 saturated carbocycles. The number of ether oxygens (including phenoxy) is 2. The van der Waals surface area contributed by atoms with Gasteiger partial charge in [0.2, 0.25) is 0 Å². The van der Waals surface area contributed by atoms with Gasteiger partial charge in [0.05, 0.1) is 36.6 Å². The first-order chi connectivity index (χ1) is 19.6. The van der Waals surface area contributed by atoms with Crippen molar-refractivity contribution in [3.8, 4) is 16.9 Å². The Balaban J connectivity index is 1.49. The Morgan fingerprint density at radius 3 is 2.68 bits per heavy atom. The number of aromatic nitrogens is 4. The van der Waals surface area contributed by atoms with Crippen LogP contribution in [0.5, 0.6) is 5.75 Å². The molecule has 0 aliphatic carbocycles. The third-order valence-electron chi connectivity index (χ3n) is 8.64. The summed E-state index contributed by atoms with van der Waals surface area (Å²) in [5.74, 6) is 0.751. The average molecular weight is 575 g/mol. The molecule has 1 aliphatic heterocycles. The number of hydrogen-bond acceptors (Lipinski definition) is 6. The smallest absolute Gasteiger partial charge is 0.261 e. The molecule has 0 amide bonds. The second kappa shape index (κ2) is 11.9. The summed E-state index contributed by atoms with van der Waals surface area (Å²) in [5, 5.41) is 5.24. The van der Waals surface area contributed by atoms with Crippen LogP contribution in [0.15, 0.2) is 66.0 Å². The second-order valence-electron chi connectivity index (χ2n) is 12.4. The van der Waals surface area contributed by atoms with E-state index >= 15 is 0 Å². The van der Waals surface area contributed by atoms with Crippen molar-refractivity contribution in [1.82, 2.24) is 19.3 Å². The normalized spacial score (nSPS) is 17.1. The van der Waals surface area contributed by atoms with Crippen LogP contribution in [0, 0.1) is 0 Å². The van der Waals surface area contributed by atoms with Gasteiger partial charge in [-0.1, -0.05) is 39.0 Å². The van der Waals surface area contributed by atoms with Crippen LogP contribution < -0.4 is 10.3 Å². The Morgan fingerprint density at radius 2 is 1.95 bits per heavy atom. The fourth-order valence-electron chi connectivity index (χ4n) is 5.07. The number of rotatable bonds is 9. The fraction of sp³-hybridized carbons (Fsp3) is 0.469. The molecular weight excluding hydrogens is 532 g/mol. The van der Waals surface area contributed by atoms with E-state index in [1.165, 1.54) is 0 Å². The first kappa shape index (κ1) is 29.2. The van der Waals surface area contributed by atoms with E-state index in [2.05, 4.69) is 39.0 Å². The van der Waals surface area contributed by atoms with Crippen molar-refractivity contribution in [3.63, 3.8) is 0 Å². The Bertz CT molecular complexity index is 1550. The van der Waals surface area contributed by atoms with Gasteiger partial charge in [-0.2, -0.15) is 5.10 Å². The van der Waals surface area contributed by atoms with E-state index < -0.39 is 8.32 Å². The third kappa shape index (κ3) is 6.32. The molecule has 218 valence electrons. The highest BCUT2D eigenvalue weighted by molar-refractivity contribution is 6.74. The molecule has 2 unspecified atom stereocenters. The van der Waals surface area contributed by atoms with Gasteiger partial charge in [-0.3, -0.25) is 9.36 Å². The van der Waals surface area contributed by atoms with E-state index in [1.807, 2.05) is 59.5 Å². The highest BCUT2D eigenvalue weighted by Gasteiger charge is 2.37. The minimum Gasteiger partial charge on any atom is -0.497 e. The predicted molar refractivity (Wildman–Crippen MR) is 165 cm³/mol. The maximum atomic E-state index is 14.1. The van der Waals surface area contributed by atoms with Gasteiger partial charge in [0.1, 0.15) is 12.0 Å². The van der Waals surface area contributed by atoms with Crippen molar-refractivity contribution in [1.29, 1.82) is 0 Å². The molecule has 3 heterocycles. The molecule has 1 saturated heterocycles. The topological polar surface area (TPSA) is 80.4 Å². The molecule has 0 spiro atoms. The summed E-state index contributed by atoms with van der Waals surface area (Å²) in [5.41, 5.74) is 3.44. The van der Waals surface area contributed by atoms with E-state index in [-0.39, 0.29) is 22.9 Å². The van der Waals surface area contributed by atoms with Crippen molar-refractivity contribution < 1.29 is 13.9 Å². The Kier molecular flexibility index (Phi) is 8.49. The van der Waals surface area contributed by atoms with Crippen molar-refractivity contribution in [2.24, 2.45) is 0 Å². The molecule has 1 fully saturated rings. The molecule has 2 atom stereocenters. The summed E-state index contributed by atoms with van der Waals surface area (Å²) in [7, 11) is -0.294. The van der Waals surface area contributed by atoms with Crippen LogP contribution in [0.3, 0.4) is 0 Å². The molecule has 0 N–H and O–H groups in total. The molecule has 0 bridgehead atoms. The zero-order chi connectivity index (χ0) is 29.2. The van der Waals surface area contributed by atoms with Gasteiger partial charge in [0.15, 0.2) is 8.32 Å². The van der Waals surface area contributed by atoms with Crippen LogP contribution in [-0.2, 0) is 9.16 Å². The number of benzene rings is 2. The number of methoxy groups -OCH3 is 1. The SMILES string of the molecule is COc1cccc(C(CCO[Si](C)(C)C(C)(C)C)n2cnc3ccc(-c4cnn(C5CCCCO5)c4)cc3c2=O)c1. The van der Waals surface area contributed by atoms with Crippen molar-refractivity contribution in [2.75, 3.05) is 20.3 Å². The lowest BCUT2D eigenvalue weighted by Gasteiger charge is -2.36. The van der Waals surface area contributed by atoms with Crippen molar-refractivity contribution in [3.05, 3.63) is 77.1 Å². The molecule has 9 heteroatoms. The molecule has 41 heavy (non-hydrogen) atoms. The molecule has 0 radical (unpaired) electrons. The zero-order valence-corrected chi connectivity index (χ0v) is 26.1. The molecule has 1 aliphatic rings.